The zero-order valence-corrected chi connectivity index (χ0v) is 13.6. The fourth-order valence-electron chi connectivity index (χ4n) is 1.96. The maximum absolute atomic E-state index is 11.7. The van der Waals surface area contributed by atoms with Crippen LogP contribution < -0.4 is 10.1 Å². The van der Waals surface area contributed by atoms with Gasteiger partial charge < -0.3 is 15.2 Å². The first-order chi connectivity index (χ1) is 10.1. The van der Waals surface area contributed by atoms with Gasteiger partial charge in [-0.25, -0.2) is 0 Å². The van der Waals surface area contributed by atoms with E-state index in [2.05, 4.69) is 12.2 Å². The minimum Gasteiger partial charge on any atom is -0.484 e. The van der Waals surface area contributed by atoms with Crippen LogP contribution >= 0.6 is 23.2 Å². The van der Waals surface area contributed by atoms with Crippen molar-refractivity contribution in [2.24, 2.45) is 5.92 Å². The van der Waals surface area contributed by atoms with E-state index in [-0.39, 0.29) is 19.1 Å². The third kappa shape index (κ3) is 7.02. The number of rotatable bonds is 9. The maximum atomic E-state index is 11.7. The molecule has 0 aliphatic carbocycles. The highest BCUT2D eigenvalue weighted by atomic mass is 35.5. The lowest BCUT2D eigenvalue weighted by Gasteiger charge is -2.15. The van der Waals surface area contributed by atoms with Crippen molar-refractivity contribution in [2.45, 2.75) is 26.2 Å². The van der Waals surface area contributed by atoms with Gasteiger partial charge in [-0.15, -0.1) is 0 Å². The third-order valence-corrected chi connectivity index (χ3v) is 3.82. The van der Waals surface area contributed by atoms with Gasteiger partial charge in [0.15, 0.2) is 6.61 Å². The summed E-state index contributed by atoms with van der Waals surface area (Å²) in [6.07, 6.45) is 2.70. The molecule has 21 heavy (non-hydrogen) atoms. The predicted molar refractivity (Wildman–Crippen MR) is 85.1 cm³/mol. The van der Waals surface area contributed by atoms with Gasteiger partial charge in [-0.05, 0) is 30.9 Å². The first-order valence-corrected chi connectivity index (χ1v) is 7.77. The van der Waals surface area contributed by atoms with Crippen LogP contribution in [-0.2, 0) is 4.79 Å². The normalized spacial score (nSPS) is 12.0. The molecule has 0 spiro atoms. The van der Waals surface area contributed by atoms with Gasteiger partial charge >= 0.3 is 0 Å². The van der Waals surface area contributed by atoms with Crippen molar-refractivity contribution in [3.05, 3.63) is 28.2 Å². The summed E-state index contributed by atoms with van der Waals surface area (Å²) in [5, 5.41) is 12.6. The Morgan fingerprint density at radius 2 is 2.10 bits per heavy atom. The van der Waals surface area contributed by atoms with Gasteiger partial charge in [0.05, 0.1) is 10.0 Å². The summed E-state index contributed by atoms with van der Waals surface area (Å²) in [5.74, 6) is 0.606. The molecule has 1 amide bonds. The van der Waals surface area contributed by atoms with E-state index in [1.54, 1.807) is 18.2 Å². The summed E-state index contributed by atoms with van der Waals surface area (Å²) in [4.78, 5) is 11.7. The first-order valence-electron chi connectivity index (χ1n) is 7.02. The summed E-state index contributed by atoms with van der Waals surface area (Å²) in [7, 11) is 0. The molecule has 0 bridgehead atoms. The largest absolute Gasteiger partial charge is 0.484 e. The zero-order chi connectivity index (χ0) is 15.7. The molecule has 118 valence electrons. The monoisotopic (exact) mass is 333 g/mol. The molecule has 1 rings (SSSR count). The Labute approximate surface area is 135 Å². The van der Waals surface area contributed by atoms with E-state index in [1.807, 2.05) is 0 Å². The van der Waals surface area contributed by atoms with Gasteiger partial charge in [0, 0.05) is 19.2 Å². The Bertz CT molecular complexity index is 449. The number of hydrogen-bond donors (Lipinski definition) is 2. The van der Waals surface area contributed by atoms with Crippen molar-refractivity contribution in [1.82, 2.24) is 5.32 Å². The van der Waals surface area contributed by atoms with Crippen molar-refractivity contribution in [3.63, 3.8) is 0 Å². The number of ether oxygens (including phenoxy) is 1. The van der Waals surface area contributed by atoms with E-state index < -0.39 is 0 Å². The molecule has 0 radical (unpaired) electrons. The van der Waals surface area contributed by atoms with Crippen LogP contribution in [0.15, 0.2) is 18.2 Å². The van der Waals surface area contributed by atoms with Crippen LogP contribution in [-0.4, -0.2) is 30.8 Å². The van der Waals surface area contributed by atoms with Crippen molar-refractivity contribution >= 4 is 29.1 Å². The average Bonchev–Trinajstić information content (AvgIpc) is 2.46. The van der Waals surface area contributed by atoms with Crippen LogP contribution in [0.2, 0.25) is 10.0 Å². The molecule has 0 saturated heterocycles. The van der Waals surface area contributed by atoms with E-state index in [0.29, 0.717) is 34.7 Å². The number of hydrogen-bond acceptors (Lipinski definition) is 3. The van der Waals surface area contributed by atoms with Gasteiger partial charge in [-0.3, -0.25) is 4.79 Å². The number of carbonyl (C=O) groups is 1. The van der Waals surface area contributed by atoms with Gasteiger partial charge in [0.25, 0.3) is 5.91 Å². The van der Waals surface area contributed by atoms with Gasteiger partial charge in [0.1, 0.15) is 5.75 Å². The zero-order valence-electron chi connectivity index (χ0n) is 12.1. The van der Waals surface area contributed by atoms with Crippen molar-refractivity contribution in [3.8, 4) is 5.75 Å². The number of benzene rings is 1. The van der Waals surface area contributed by atoms with Crippen LogP contribution in [0.1, 0.15) is 26.2 Å². The van der Waals surface area contributed by atoms with E-state index >= 15 is 0 Å². The van der Waals surface area contributed by atoms with Gasteiger partial charge in [0.2, 0.25) is 0 Å². The number of carbonyl (C=O) groups excluding carboxylic acids is 1. The van der Waals surface area contributed by atoms with Crippen molar-refractivity contribution in [1.29, 1.82) is 0 Å². The molecular formula is C15H21Cl2NO3. The summed E-state index contributed by atoms with van der Waals surface area (Å²) in [5.41, 5.74) is 0. The fourth-order valence-corrected chi connectivity index (χ4v) is 2.25. The molecule has 1 unspecified atom stereocenters. The average molecular weight is 334 g/mol. The Balaban J connectivity index is 2.34. The topological polar surface area (TPSA) is 58.6 Å². The quantitative estimate of drug-likeness (QED) is 0.729. The first kappa shape index (κ1) is 18.1. The van der Waals surface area contributed by atoms with Crippen LogP contribution in [0.25, 0.3) is 0 Å². The highest BCUT2D eigenvalue weighted by molar-refractivity contribution is 6.42. The maximum Gasteiger partial charge on any atom is 0.257 e. The lowest BCUT2D eigenvalue weighted by atomic mass is 10.0. The van der Waals surface area contributed by atoms with Gasteiger partial charge in [-0.1, -0.05) is 36.5 Å². The molecule has 1 atom stereocenters. The molecule has 0 saturated carbocycles. The predicted octanol–water partition coefficient (Wildman–Crippen LogP) is 3.29. The third-order valence-electron chi connectivity index (χ3n) is 3.08. The molecule has 0 aliphatic rings. The van der Waals surface area contributed by atoms with Crippen LogP contribution in [0.4, 0.5) is 0 Å². The SMILES string of the molecule is CCCC(CCO)CNC(=O)COc1ccc(Cl)c(Cl)c1. The van der Waals surface area contributed by atoms with Gasteiger partial charge in [-0.2, -0.15) is 0 Å². The number of aliphatic hydroxyl groups excluding tert-OH is 1. The standard InChI is InChI=1S/C15H21Cl2NO3/c1-2-3-11(6-7-19)9-18-15(20)10-21-12-4-5-13(16)14(17)8-12/h4-5,8,11,19H,2-3,6-7,9-10H2,1H3,(H,18,20). The molecule has 0 heterocycles. The Hall–Kier alpha value is -0.970. The number of halogens is 2. The van der Waals surface area contributed by atoms with E-state index in [0.717, 1.165) is 12.8 Å². The minimum atomic E-state index is -0.194. The van der Waals surface area contributed by atoms with Crippen LogP contribution in [0.5, 0.6) is 5.75 Å². The summed E-state index contributed by atoms with van der Waals surface area (Å²) < 4.78 is 5.35. The highest BCUT2D eigenvalue weighted by Crippen LogP contribution is 2.26. The number of amides is 1. The van der Waals surface area contributed by atoms with E-state index in [4.69, 9.17) is 33.0 Å². The molecule has 1 aromatic rings. The smallest absolute Gasteiger partial charge is 0.257 e. The molecule has 0 fully saturated rings. The lowest BCUT2D eigenvalue weighted by molar-refractivity contribution is -0.123. The minimum absolute atomic E-state index is 0.0735. The number of aliphatic hydroxyl groups is 1. The summed E-state index contributed by atoms with van der Waals surface area (Å²) >= 11 is 11.7. The number of nitrogens with one attached hydrogen (secondary N) is 1. The lowest BCUT2D eigenvalue weighted by Crippen LogP contribution is -2.33. The molecule has 4 nitrogen and oxygen atoms in total. The van der Waals surface area contributed by atoms with E-state index in [9.17, 15) is 4.79 Å². The van der Waals surface area contributed by atoms with Crippen LogP contribution in [0.3, 0.4) is 0 Å². The highest BCUT2D eigenvalue weighted by Gasteiger charge is 2.10. The second kappa shape index (κ2) is 9.87. The van der Waals surface area contributed by atoms with Crippen molar-refractivity contribution in [2.75, 3.05) is 19.8 Å². The summed E-state index contributed by atoms with van der Waals surface area (Å²) in [6.45, 7) is 2.70. The van der Waals surface area contributed by atoms with E-state index in [1.165, 1.54) is 0 Å². The summed E-state index contributed by atoms with van der Waals surface area (Å²) in [6, 6.07) is 4.85. The van der Waals surface area contributed by atoms with Crippen LogP contribution in [0, 0.1) is 5.92 Å². The Morgan fingerprint density at radius 3 is 2.71 bits per heavy atom. The molecule has 1 aromatic carbocycles. The molecule has 0 aromatic heterocycles. The Morgan fingerprint density at radius 1 is 1.33 bits per heavy atom. The molecule has 6 heteroatoms. The molecule has 2 N–H and O–H groups in total. The second-order valence-electron chi connectivity index (χ2n) is 4.84. The fraction of sp³-hybridized carbons (Fsp3) is 0.533. The second-order valence-corrected chi connectivity index (χ2v) is 5.65. The molecular weight excluding hydrogens is 313 g/mol. The van der Waals surface area contributed by atoms with Crippen molar-refractivity contribution < 1.29 is 14.6 Å². The molecule has 0 aliphatic heterocycles. The Kier molecular flexibility index (Phi) is 8.50.